The van der Waals surface area contributed by atoms with Gasteiger partial charge in [0.1, 0.15) is 13.2 Å². The summed E-state index contributed by atoms with van der Waals surface area (Å²) in [5.41, 5.74) is 6.60. The van der Waals surface area contributed by atoms with Crippen molar-refractivity contribution in [1.29, 1.82) is 0 Å². The molecule has 0 aromatic heterocycles. The first-order valence-corrected chi connectivity index (χ1v) is 9.70. The van der Waals surface area contributed by atoms with E-state index in [1.807, 2.05) is 24.3 Å². The lowest BCUT2D eigenvalue weighted by Crippen LogP contribution is -2.55. The Bertz CT molecular complexity index is 866. The second-order valence-electron chi connectivity index (χ2n) is 6.99. The molecule has 0 bridgehead atoms. The van der Waals surface area contributed by atoms with Crippen LogP contribution in [0.2, 0.25) is 0 Å². The predicted molar refractivity (Wildman–Crippen MR) is 107 cm³/mol. The lowest BCUT2D eigenvalue weighted by Gasteiger charge is -2.34. The number of hydrogen-bond donors (Lipinski definition) is 2. The van der Waals surface area contributed by atoms with Crippen molar-refractivity contribution < 1.29 is 19.1 Å². The highest BCUT2D eigenvalue weighted by atomic mass is 16.6. The molecule has 2 aliphatic rings. The van der Waals surface area contributed by atoms with E-state index in [9.17, 15) is 9.59 Å². The number of piperazine rings is 1. The largest absolute Gasteiger partial charge is 0.486 e. The Labute approximate surface area is 169 Å². The average Bonchev–Trinajstić information content (AvgIpc) is 2.78. The Balaban J connectivity index is 1.23. The monoisotopic (exact) mass is 396 g/mol. The number of nitrogens with one attached hydrogen (secondary N) is 2. The second kappa shape index (κ2) is 8.83. The summed E-state index contributed by atoms with van der Waals surface area (Å²) < 4.78 is 11.2. The van der Waals surface area contributed by atoms with Crippen LogP contribution in [-0.4, -0.2) is 61.1 Å². The maximum atomic E-state index is 12.3. The number of ether oxygens (including phenoxy) is 2. The fourth-order valence-electron chi connectivity index (χ4n) is 3.40. The quantitative estimate of drug-likeness (QED) is 0.771. The molecule has 29 heavy (non-hydrogen) atoms. The molecule has 1 fully saturated rings. The molecule has 2 N–H and O–H groups in total. The topological polar surface area (TPSA) is 83.1 Å². The Hall–Kier alpha value is -3.26. The third-order valence-corrected chi connectivity index (χ3v) is 4.99. The van der Waals surface area contributed by atoms with Crippen LogP contribution in [-0.2, 0) is 6.54 Å². The Kier molecular flexibility index (Phi) is 5.81. The van der Waals surface area contributed by atoms with Crippen LogP contribution in [0.4, 0.5) is 4.79 Å². The molecule has 0 radical (unpaired) electrons. The molecule has 8 heteroatoms. The molecule has 152 valence electrons. The number of urea groups is 1. The van der Waals surface area contributed by atoms with Crippen molar-refractivity contribution in [1.82, 2.24) is 20.7 Å². The van der Waals surface area contributed by atoms with Crippen LogP contribution in [0.3, 0.4) is 0 Å². The molecule has 2 heterocycles. The van der Waals surface area contributed by atoms with Crippen molar-refractivity contribution in [3.63, 3.8) is 0 Å². The highest BCUT2D eigenvalue weighted by Gasteiger charge is 2.22. The fourth-order valence-corrected chi connectivity index (χ4v) is 3.40. The van der Waals surface area contributed by atoms with E-state index in [0.29, 0.717) is 31.9 Å². The van der Waals surface area contributed by atoms with Crippen LogP contribution >= 0.6 is 0 Å². The third kappa shape index (κ3) is 4.78. The molecule has 0 aliphatic carbocycles. The minimum absolute atomic E-state index is 0.298. The van der Waals surface area contributed by atoms with E-state index in [4.69, 9.17) is 9.47 Å². The molecule has 2 aliphatic heterocycles. The average molecular weight is 396 g/mol. The first kappa shape index (κ1) is 19.1. The third-order valence-electron chi connectivity index (χ3n) is 4.99. The highest BCUT2D eigenvalue weighted by Crippen LogP contribution is 2.31. The van der Waals surface area contributed by atoms with Crippen LogP contribution in [0.1, 0.15) is 15.9 Å². The molecule has 8 nitrogen and oxygen atoms in total. The summed E-state index contributed by atoms with van der Waals surface area (Å²) in [7, 11) is 0. The molecular formula is C21H24N4O4. The van der Waals surface area contributed by atoms with Gasteiger partial charge < -0.3 is 14.4 Å². The number of hydrazine groups is 1. The van der Waals surface area contributed by atoms with Gasteiger partial charge in [0, 0.05) is 38.3 Å². The first-order valence-electron chi connectivity index (χ1n) is 9.70. The summed E-state index contributed by atoms with van der Waals surface area (Å²) >= 11 is 0. The smallest absolute Gasteiger partial charge is 0.336 e. The van der Waals surface area contributed by atoms with Gasteiger partial charge in [-0.3, -0.25) is 15.1 Å². The van der Waals surface area contributed by atoms with E-state index in [-0.39, 0.29) is 11.9 Å². The van der Waals surface area contributed by atoms with Crippen molar-refractivity contribution in [3.8, 4) is 11.5 Å². The van der Waals surface area contributed by atoms with Gasteiger partial charge in [0.25, 0.3) is 5.91 Å². The molecule has 0 saturated carbocycles. The van der Waals surface area contributed by atoms with E-state index in [2.05, 4.69) is 15.8 Å². The number of rotatable bonds is 3. The van der Waals surface area contributed by atoms with Crippen molar-refractivity contribution in [2.75, 3.05) is 39.4 Å². The van der Waals surface area contributed by atoms with Crippen molar-refractivity contribution in [2.45, 2.75) is 6.54 Å². The van der Waals surface area contributed by atoms with E-state index in [0.717, 1.165) is 36.7 Å². The number of nitrogens with zero attached hydrogens (tertiary/aromatic N) is 2. The standard InChI is InChI=1S/C21H24N4O4/c26-20(17-4-2-1-3-5-17)22-23-21(27)25-10-8-24(9-11-25)15-16-6-7-18-19(14-16)29-13-12-28-18/h1-7,14H,8-13,15H2,(H,22,26)(H,23,27). The van der Waals surface area contributed by atoms with Crippen LogP contribution in [0.5, 0.6) is 11.5 Å². The maximum absolute atomic E-state index is 12.3. The SMILES string of the molecule is O=C(NNC(=O)N1CCN(Cc2ccc3c(c2)OCCO3)CC1)c1ccccc1. The fraction of sp³-hybridized carbons (Fsp3) is 0.333. The Morgan fingerprint density at radius 2 is 1.59 bits per heavy atom. The number of hydrogen-bond acceptors (Lipinski definition) is 5. The summed E-state index contributed by atoms with van der Waals surface area (Å²) in [6, 6.07) is 14.5. The summed E-state index contributed by atoms with van der Waals surface area (Å²) in [5.74, 6) is 1.25. The van der Waals surface area contributed by atoms with Crippen molar-refractivity contribution in [3.05, 3.63) is 59.7 Å². The number of carbonyl (C=O) groups is 2. The molecular weight excluding hydrogens is 372 g/mol. The maximum Gasteiger partial charge on any atom is 0.336 e. The van der Waals surface area contributed by atoms with Gasteiger partial charge in [0.05, 0.1) is 0 Å². The van der Waals surface area contributed by atoms with Gasteiger partial charge in [-0.15, -0.1) is 0 Å². The molecule has 0 spiro atoms. The van der Waals surface area contributed by atoms with Crippen LogP contribution in [0.25, 0.3) is 0 Å². The van der Waals surface area contributed by atoms with Crippen LogP contribution in [0.15, 0.2) is 48.5 Å². The lowest BCUT2D eigenvalue weighted by molar-refractivity contribution is 0.0919. The highest BCUT2D eigenvalue weighted by molar-refractivity contribution is 5.95. The number of benzene rings is 2. The number of carbonyl (C=O) groups excluding carboxylic acids is 2. The first-order chi connectivity index (χ1) is 14.2. The normalized spacial score (nSPS) is 16.2. The van der Waals surface area contributed by atoms with Gasteiger partial charge in [0.15, 0.2) is 11.5 Å². The molecule has 2 aromatic rings. The molecule has 2 aromatic carbocycles. The van der Waals surface area contributed by atoms with E-state index >= 15 is 0 Å². The van der Waals surface area contributed by atoms with Crippen molar-refractivity contribution in [2.24, 2.45) is 0 Å². The Morgan fingerprint density at radius 3 is 2.34 bits per heavy atom. The predicted octanol–water partition coefficient (Wildman–Crippen LogP) is 1.63. The van der Waals surface area contributed by atoms with E-state index in [1.54, 1.807) is 29.2 Å². The lowest BCUT2D eigenvalue weighted by atomic mass is 10.1. The Morgan fingerprint density at radius 1 is 0.862 bits per heavy atom. The van der Waals surface area contributed by atoms with Crippen LogP contribution < -0.4 is 20.3 Å². The molecule has 3 amide bonds. The zero-order chi connectivity index (χ0) is 20.1. The molecule has 4 rings (SSSR count). The number of amides is 3. The van der Waals surface area contributed by atoms with Gasteiger partial charge in [0.2, 0.25) is 0 Å². The van der Waals surface area contributed by atoms with Crippen LogP contribution in [0, 0.1) is 0 Å². The molecule has 0 atom stereocenters. The van der Waals surface area contributed by atoms with Gasteiger partial charge in [-0.05, 0) is 29.8 Å². The van der Waals surface area contributed by atoms with Gasteiger partial charge in [-0.25, -0.2) is 10.2 Å². The summed E-state index contributed by atoms with van der Waals surface area (Å²) in [6.45, 7) is 4.65. The zero-order valence-corrected chi connectivity index (χ0v) is 16.1. The molecule has 0 unspecified atom stereocenters. The molecule has 1 saturated heterocycles. The summed E-state index contributed by atoms with van der Waals surface area (Å²) in [6.07, 6.45) is 0. The van der Waals surface area contributed by atoms with E-state index < -0.39 is 0 Å². The van der Waals surface area contributed by atoms with Crippen molar-refractivity contribution >= 4 is 11.9 Å². The summed E-state index contributed by atoms with van der Waals surface area (Å²) in [4.78, 5) is 28.3. The number of fused-ring (bicyclic) bond motifs is 1. The van der Waals surface area contributed by atoms with E-state index in [1.165, 1.54) is 0 Å². The van der Waals surface area contributed by atoms with Gasteiger partial charge in [-0.2, -0.15) is 0 Å². The summed E-state index contributed by atoms with van der Waals surface area (Å²) in [5, 5.41) is 0. The minimum Gasteiger partial charge on any atom is -0.486 e. The van der Waals surface area contributed by atoms with Gasteiger partial charge in [-0.1, -0.05) is 24.3 Å². The zero-order valence-electron chi connectivity index (χ0n) is 16.1. The second-order valence-corrected chi connectivity index (χ2v) is 6.99. The van der Waals surface area contributed by atoms with Gasteiger partial charge >= 0.3 is 6.03 Å². The minimum atomic E-state index is -0.337.